The summed E-state index contributed by atoms with van der Waals surface area (Å²) in [6.07, 6.45) is 7.22. The number of hydrogen-bond donors (Lipinski definition) is 0. The fourth-order valence-electron chi connectivity index (χ4n) is 5.67. The van der Waals surface area contributed by atoms with Gasteiger partial charge in [-0.1, -0.05) is 58.9 Å². The Morgan fingerprint density at radius 1 is 0.914 bits per heavy atom. The normalized spacial score (nSPS) is 13.4. The molecule has 0 amide bonds. The largest absolute Gasteiger partial charge is 0.261 e. The Morgan fingerprint density at radius 3 is 2.51 bits per heavy atom. The minimum Gasteiger partial charge on any atom is -0.261 e. The van der Waals surface area contributed by atoms with Crippen LogP contribution in [0.4, 0.5) is 0 Å². The number of aromatic nitrogens is 2. The molecule has 0 radical (unpaired) electrons. The topological polar surface area (TPSA) is 25.8 Å². The molecule has 3 aromatic heterocycles. The van der Waals surface area contributed by atoms with E-state index in [1.165, 1.54) is 59.2 Å². The predicted molar refractivity (Wildman–Crippen MR) is 150 cm³/mol. The standard InChI is InChI=1S/C32H32N2S/c1-19(2)16-27-23-10-11-28-29(24(23)12-14-33-27)25-13-15-34-30(31(25)35-28)21-17-20-8-6-7-9-22(20)26(18-21)32(3,4)5/h6-9,12-15,17-19H,10-11,16H2,1-5H3. The zero-order valence-corrected chi connectivity index (χ0v) is 22.1. The zero-order valence-electron chi connectivity index (χ0n) is 21.3. The number of benzene rings is 2. The smallest absolute Gasteiger partial charge is 0.0880 e. The summed E-state index contributed by atoms with van der Waals surface area (Å²) in [6.45, 7) is 11.5. The lowest BCUT2D eigenvalue weighted by atomic mass is 9.82. The number of rotatable bonds is 3. The first-order chi connectivity index (χ1) is 16.8. The molecule has 35 heavy (non-hydrogen) atoms. The summed E-state index contributed by atoms with van der Waals surface area (Å²) in [6, 6.07) is 17.9. The van der Waals surface area contributed by atoms with Gasteiger partial charge in [0.1, 0.15) is 0 Å². The van der Waals surface area contributed by atoms with Crippen molar-refractivity contribution in [3.63, 3.8) is 0 Å². The lowest BCUT2D eigenvalue weighted by Crippen LogP contribution is -2.12. The van der Waals surface area contributed by atoms with Crippen molar-refractivity contribution in [2.24, 2.45) is 5.92 Å². The first kappa shape index (κ1) is 22.4. The van der Waals surface area contributed by atoms with Gasteiger partial charge >= 0.3 is 0 Å². The van der Waals surface area contributed by atoms with Crippen LogP contribution >= 0.6 is 11.3 Å². The fraction of sp³-hybridized carbons (Fsp3) is 0.312. The molecular weight excluding hydrogens is 444 g/mol. The summed E-state index contributed by atoms with van der Waals surface area (Å²) in [5.41, 5.74) is 9.28. The van der Waals surface area contributed by atoms with Crippen molar-refractivity contribution >= 4 is 32.2 Å². The van der Waals surface area contributed by atoms with Gasteiger partial charge in [-0.15, -0.1) is 11.3 Å². The summed E-state index contributed by atoms with van der Waals surface area (Å²) in [5, 5.41) is 3.95. The molecule has 0 bridgehead atoms. The van der Waals surface area contributed by atoms with E-state index in [0.717, 1.165) is 25.0 Å². The summed E-state index contributed by atoms with van der Waals surface area (Å²) in [5.74, 6) is 0.607. The molecular formula is C32H32N2S. The molecule has 0 aliphatic heterocycles. The van der Waals surface area contributed by atoms with E-state index in [2.05, 4.69) is 83.1 Å². The number of thiophene rings is 1. The lowest BCUT2D eigenvalue weighted by molar-refractivity contribution is 0.596. The Labute approximate surface area is 212 Å². The Hall–Kier alpha value is -3.04. The molecule has 0 atom stereocenters. The van der Waals surface area contributed by atoms with Gasteiger partial charge in [-0.25, -0.2) is 0 Å². The highest BCUT2D eigenvalue weighted by molar-refractivity contribution is 7.20. The second-order valence-electron chi connectivity index (χ2n) is 11.3. The van der Waals surface area contributed by atoms with Gasteiger partial charge in [-0.3, -0.25) is 9.97 Å². The maximum Gasteiger partial charge on any atom is 0.0880 e. The molecule has 0 spiro atoms. The molecule has 0 saturated carbocycles. The predicted octanol–water partition coefficient (Wildman–Crippen LogP) is 8.77. The van der Waals surface area contributed by atoms with Crippen LogP contribution in [0.5, 0.6) is 0 Å². The van der Waals surface area contributed by atoms with E-state index in [4.69, 9.17) is 9.97 Å². The van der Waals surface area contributed by atoms with E-state index in [-0.39, 0.29) is 5.41 Å². The van der Waals surface area contributed by atoms with Crippen molar-refractivity contribution < 1.29 is 0 Å². The molecule has 0 N–H and O–H groups in total. The molecule has 0 saturated heterocycles. The number of nitrogens with zero attached hydrogens (tertiary/aromatic N) is 2. The van der Waals surface area contributed by atoms with Crippen LogP contribution in [0.15, 0.2) is 60.9 Å². The van der Waals surface area contributed by atoms with Crippen LogP contribution in [0.3, 0.4) is 0 Å². The minimum absolute atomic E-state index is 0.0525. The number of hydrogen-bond acceptors (Lipinski definition) is 3. The zero-order chi connectivity index (χ0) is 24.3. The van der Waals surface area contributed by atoms with E-state index in [9.17, 15) is 0 Å². The van der Waals surface area contributed by atoms with Crippen molar-refractivity contribution in [3.05, 3.63) is 82.6 Å². The van der Waals surface area contributed by atoms with E-state index >= 15 is 0 Å². The molecule has 6 rings (SSSR count). The SMILES string of the molecule is CC(C)Cc1nccc2c1CCc1sc3c(-c4cc(C(C)(C)C)c5ccccc5c4)nccc3c1-2. The second-order valence-corrected chi connectivity index (χ2v) is 12.4. The van der Waals surface area contributed by atoms with Crippen molar-refractivity contribution in [2.75, 3.05) is 0 Å². The molecule has 5 aromatic rings. The quantitative estimate of drug-likeness (QED) is 0.260. The number of pyridine rings is 2. The summed E-state index contributed by atoms with van der Waals surface area (Å²) in [4.78, 5) is 11.2. The summed E-state index contributed by atoms with van der Waals surface area (Å²) >= 11 is 1.94. The van der Waals surface area contributed by atoms with E-state index < -0.39 is 0 Å². The fourth-order valence-corrected chi connectivity index (χ4v) is 6.99. The molecule has 1 aliphatic carbocycles. The van der Waals surface area contributed by atoms with Crippen LogP contribution in [0.1, 0.15) is 56.3 Å². The van der Waals surface area contributed by atoms with Crippen LogP contribution in [0, 0.1) is 5.92 Å². The number of fused-ring (bicyclic) bond motifs is 6. The third-order valence-corrected chi connectivity index (χ3v) is 8.51. The molecule has 2 nitrogen and oxygen atoms in total. The summed E-state index contributed by atoms with van der Waals surface area (Å²) in [7, 11) is 0. The molecule has 2 aromatic carbocycles. The van der Waals surface area contributed by atoms with Gasteiger partial charge in [0.2, 0.25) is 0 Å². The van der Waals surface area contributed by atoms with Crippen LogP contribution in [0.2, 0.25) is 0 Å². The maximum absolute atomic E-state index is 4.96. The lowest BCUT2D eigenvalue weighted by Gasteiger charge is -2.22. The van der Waals surface area contributed by atoms with Crippen LogP contribution < -0.4 is 0 Å². The highest BCUT2D eigenvalue weighted by Crippen LogP contribution is 2.47. The Kier molecular flexibility index (Phi) is 5.30. The van der Waals surface area contributed by atoms with E-state index in [1.807, 2.05) is 23.7 Å². The van der Waals surface area contributed by atoms with Gasteiger partial charge in [0, 0.05) is 39.5 Å². The Bertz CT molecular complexity index is 1580. The van der Waals surface area contributed by atoms with Crippen molar-refractivity contribution in [3.8, 4) is 22.4 Å². The van der Waals surface area contributed by atoms with Gasteiger partial charge in [-0.05, 0) is 82.3 Å². The highest BCUT2D eigenvalue weighted by Gasteiger charge is 2.26. The van der Waals surface area contributed by atoms with Crippen molar-refractivity contribution in [2.45, 2.75) is 59.3 Å². The van der Waals surface area contributed by atoms with E-state index in [0.29, 0.717) is 5.92 Å². The average molecular weight is 477 g/mol. The molecule has 176 valence electrons. The molecule has 3 heteroatoms. The Morgan fingerprint density at radius 2 is 1.71 bits per heavy atom. The average Bonchev–Trinajstić information content (AvgIpc) is 3.22. The van der Waals surface area contributed by atoms with Crippen LogP contribution in [-0.4, -0.2) is 9.97 Å². The maximum atomic E-state index is 4.96. The molecule has 0 fully saturated rings. The number of aryl methyl sites for hydroxylation is 1. The van der Waals surface area contributed by atoms with Gasteiger partial charge < -0.3 is 0 Å². The Balaban J connectivity index is 1.58. The van der Waals surface area contributed by atoms with Crippen molar-refractivity contribution in [1.82, 2.24) is 9.97 Å². The van der Waals surface area contributed by atoms with Crippen LogP contribution in [0.25, 0.3) is 43.2 Å². The third-order valence-electron chi connectivity index (χ3n) is 7.24. The summed E-state index contributed by atoms with van der Waals surface area (Å²) < 4.78 is 1.31. The van der Waals surface area contributed by atoms with Gasteiger partial charge in [0.05, 0.1) is 10.4 Å². The first-order valence-electron chi connectivity index (χ1n) is 12.7. The van der Waals surface area contributed by atoms with Crippen LogP contribution in [-0.2, 0) is 24.7 Å². The second kappa shape index (κ2) is 8.27. The third kappa shape index (κ3) is 3.77. The molecule has 0 unspecified atom stereocenters. The van der Waals surface area contributed by atoms with Gasteiger partial charge in [0.15, 0.2) is 0 Å². The van der Waals surface area contributed by atoms with E-state index in [1.54, 1.807) is 0 Å². The first-order valence-corrected chi connectivity index (χ1v) is 13.5. The minimum atomic E-state index is 0.0525. The molecule has 3 heterocycles. The van der Waals surface area contributed by atoms with Gasteiger partial charge in [0.25, 0.3) is 0 Å². The highest BCUT2D eigenvalue weighted by atomic mass is 32.1. The molecule has 1 aliphatic rings. The monoisotopic (exact) mass is 476 g/mol. The van der Waals surface area contributed by atoms with Gasteiger partial charge in [-0.2, -0.15) is 0 Å². The van der Waals surface area contributed by atoms with Crippen molar-refractivity contribution in [1.29, 1.82) is 0 Å².